The Bertz CT molecular complexity index is 788. The fraction of sp³-hybridized carbons (Fsp3) is 0.600. The van der Waals surface area contributed by atoms with Gasteiger partial charge in [0.05, 0.1) is 12.3 Å². The molecule has 2 fully saturated rings. The summed E-state index contributed by atoms with van der Waals surface area (Å²) in [7, 11) is 0. The molecule has 1 saturated carbocycles. The van der Waals surface area contributed by atoms with Crippen molar-refractivity contribution in [3.05, 3.63) is 23.4 Å². The average Bonchev–Trinajstić information content (AvgIpc) is 3.39. The Morgan fingerprint density at radius 1 is 1.27 bits per heavy atom. The molecule has 1 amide bonds. The second kappa shape index (κ2) is 7.17. The fourth-order valence-electron chi connectivity index (χ4n) is 3.71. The Kier molecular flexibility index (Phi) is 4.74. The van der Waals surface area contributed by atoms with Gasteiger partial charge in [0.15, 0.2) is 5.58 Å². The summed E-state index contributed by atoms with van der Waals surface area (Å²) in [5.41, 5.74) is 2.91. The first-order chi connectivity index (χ1) is 12.6. The minimum Gasteiger partial charge on any atom is -0.493 e. The van der Waals surface area contributed by atoms with Crippen LogP contribution in [-0.4, -0.2) is 41.0 Å². The van der Waals surface area contributed by atoms with Gasteiger partial charge >= 0.3 is 6.09 Å². The van der Waals surface area contributed by atoms with Crippen LogP contribution in [0.4, 0.5) is 4.79 Å². The molecular formula is C20H26N2O4. The van der Waals surface area contributed by atoms with Crippen LogP contribution in [0.15, 0.2) is 16.7 Å². The first-order valence-electron chi connectivity index (χ1n) is 9.59. The predicted molar refractivity (Wildman–Crippen MR) is 97.6 cm³/mol. The zero-order valence-electron chi connectivity index (χ0n) is 15.2. The number of aromatic nitrogens is 1. The summed E-state index contributed by atoms with van der Waals surface area (Å²) in [5.74, 6) is 2.18. The lowest BCUT2D eigenvalue weighted by Gasteiger charge is -2.29. The maximum absolute atomic E-state index is 11.0. The van der Waals surface area contributed by atoms with Gasteiger partial charge in [-0.25, -0.2) is 4.79 Å². The number of piperidine rings is 1. The number of nitrogens with zero attached hydrogens (tertiary/aromatic N) is 2. The van der Waals surface area contributed by atoms with Crippen LogP contribution in [0.1, 0.15) is 43.4 Å². The van der Waals surface area contributed by atoms with Crippen molar-refractivity contribution in [3.63, 3.8) is 0 Å². The minimum atomic E-state index is -0.805. The molecule has 1 aliphatic carbocycles. The Hall–Kier alpha value is -2.24. The van der Waals surface area contributed by atoms with Gasteiger partial charge in [0.25, 0.3) is 0 Å². The largest absolute Gasteiger partial charge is 0.493 e. The maximum atomic E-state index is 11.0. The van der Waals surface area contributed by atoms with Crippen LogP contribution in [0, 0.1) is 18.8 Å². The van der Waals surface area contributed by atoms with Crippen molar-refractivity contribution in [2.24, 2.45) is 11.8 Å². The number of carboxylic acid groups (broad SMARTS) is 1. The Balaban J connectivity index is 1.37. The van der Waals surface area contributed by atoms with Gasteiger partial charge in [-0.2, -0.15) is 0 Å². The fourth-order valence-corrected chi connectivity index (χ4v) is 3.71. The van der Waals surface area contributed by atoms with Crippen molar-refractivity contribution in [1.29, 1.82) is 0 Å². The summed E-state index contributed by atoms with van der Waals surface area (Å²) < 4.78 is 11.5. The van der Waals surface area contributed by atoms with E-state index in [-0.39, 0.29) is 0 Å². The van der Waals surface area contributed by atoms with E-state index in [0.29, 0.717) is 19.0 Å². The van der Waals surface area contributed by atoms with E-state index in [1.54, 1.807) is 0 Å². The van der Waals surface area contributed by atoms with Crippen LogP contribution in [-0.2, 0) is 6.42 Å². The molecule has 1 aliphatic heterocycles. The van der Waals surface area contributed by atoms with Gasteiger partial charge in [-0.1, -0.05) is 5.16 Å². The summed E-state index contributed by atoms with van der Waals surface area (Å²) in [6.45, 7) is 4.14. The second-order valence-electron chi connectivity index (χ2n) is 7.75. The van der Waals surface area contributed by atoms with Gasteiger partial charge in [-0.15, -0.1) is 0 Å². The molecule has 1 aromatic heterocycles. The van der Waals surface area contributed by atoms with Crippen molar-refractivity contribution >= 4 is 17.1 Å². The maximum Gasteiger partial charge on any atom is 0.407 e. The van der Waals surface area contributed by atoms with Gasteiger partial charge in [0.1, 0.15) is 5.75 Å². The minimum absolute atomic E-state index is 0.555. The Morgan fingerprint density at radius 2 is 2.04 bits per heavy atom. The number of carbonyl (C=O) groups is 1. The van der Waals surface area contributed by atoms with Gasteiger partial charge < -0.3 is 19.3 Å². The van der Waals surface area contributed by atoms with E-state index in [4.69, 9.17) is 14.4 Å². The predicted octanol–water partition coefficient (Wildman–Crippen LogP) is 4.25. The van der Waals surface area contributed by atoms with Crippen LogP contribution in [0.2, 0.25) is 0 Å². The lowest BCUT2D eigenvalue weighted by molar-refractivity contribution is 0.123. The van der Waals surface area contributed by atoms with E-state index in [1.807, 2.05) is 6.07 Å². The van der Waals surface area contributed by atoms with Gasteiger partial charge in [-0.3, -0.25) is 0 Å². The van der Waals surface area contributed by atoms with E-state index < -0.39 is 6.09 Å². The second-order valence-corrected chi connectivity index (χ2v) is 7.75. The molecule has 26 heavy (non-hydrogen) atoms. The van der Waals surface area contributed by atoms with E-state index >= 15 is 0 Å². The number of likely N-dealkylation sites (tertiary alicyclic amines) is 1. The highest BCUT2D eigenvalue weighted by molar-refractivity contribution is 5.82. The number of aryl methyl sites for hydroxylation is 2. The van der Waals surface area contributed by atoms with Crippen LogP contribution in [0.3, 0.4) is 0 Å². The van der Waals surface area contributed by atoms with Gasteiger partial charge in [0, 0.05) is 24.5 Å². The monoisotopic (exact) mass is 358 g/mol. The van der Waals surface area contributed by atoms with E-state index in [1.165, 1.54) is 17.7 Å². The topological polar surface area (TPSA) is 75.8 Å². The standard InChI is InChI=1S/C20H26N2O4/c1-13-10-16-17(5-4-14-6-8-22(9-7-14)20(23)24)21-26-19(16)11-18(13)25-12-15-2-3-15/h10-11,14-15H,2-9,12H2,1H3,(H,23,24). The molecule has 1 saturated heterocycles. The quantitative estimate of drug-likeness (QED) is 0.835. The van der Waals surface area contributed by atoms with Crippen LogP contribution in [0.5, 0.6) is 5.75 Å². The summed E-state index contributed by atoms with van der Waals surface area (Å²) >= 11 is 0. The molecular weight excluding hydrogens is 332 g/mol. The highest BCUT2D eigenvalue weighted by atomic mass is 16.5. The zero-order valence-corrected chi connectivity index (χ0v) is 15.2. The molecule has 140 valence electrons. The molecule has 1 N–H and O–H groups in total. The molecule has 2 aromatic rings. The average molecular weight is 358 g/mol. The third-order valence-corrected chi connectivity index (χ3v) is 5.69. The molecule has 2 aliphatic rings. The molecule has 0 radical (unpaired) electrons. The summed E-state index contributed by atoms with van der Waals surface area (Å²) in [6.07, 6.45) is 5.50. The molecule has 6 nitrogen and oxygen atoms in total. The van der Waals surface area contributed by atoms with Gasteiger partial charge in [0.2, 0.25) is 0 Å². The summed E-state index contributed by atoms with van der Waals surface area (Å²) in [6, 6.07) is 4.09. The van der Waals surface area contributed by atoms with Gasteiger partial charge in [-0.05, 0) is 68.9 Å². The lowest BCUT2D eigenvalue weighted by Crippen LogP contribution is -2.37. The number of hydrogen-bond donors (Lipinski definition) is 1. The first-order valence-corrected chi connectivity index (χ1v) is 9.59. The number of ether oxygens (including phenoxy) is 1. The Morgan fingerprint density at radius 3 is 2.73 bits per heavy atom. The number of benzene rings is 1. The highest BCUT2D eigenvalue weighted by Crippen LogP contribution is 2.33. The summed E-state index contributed by atoms with van der Waals surface area (Å²) in [5, 5.41) is 14.4. The molecule has 6 heteroatoms. The molecule has 0 spiro atoms. The van der Waals surface area contributed by atoms with Crippen LogP contribution < -0.4 is 4.74 Å². The van der Waals surface area contributed by atoms with E-state index in [9.17, 15) is 4.79 Å². The number of amides is 1. The lowest BCUT2D eigenvalue weighted by atomic mass is 9.91. The van der Waals surface area contributed by atoms with Crippen molar-refractivity contribution < 1.29 is 19.2 Å². The van der Waals surface area contributed by atoms with Crippen molar-refractivity contribution in [1.82, 2.24) is 10.1 Å². The van der Waals surface area contributed by atoms with Crippen molar-refractivity contribution in [2.45, 2.75) is 45.4 Å². The smallest absolute Gasteiger partial charge is 0.407 e. The molecule has 4 rings (SSSR count). The number of fused-ring (bicyclic) bond motifs is 1. The third-order valence-electron chi connectivity index (χ3n) is 5.69. The summed E-state index contributed by atoms with van der Waals surface area (Å²) in [4.78, 5) is 12.5. The van der Waals surface area contributed by atoms with Crippen LogP contribution >= 0.6 is 0 Å². The molecule has 0 atom stereocenters. The van der Waals surface area contributed by atoms with Crippen molar-refractivity contribution in [2.75, 3.05) is 19.7 Å². The molecule has 0 unspecified atom stereocenters. The third kappa shape index (κ3) is 3.79. The first kappa shape index (κ1) is 17.2. The normalized spacial score (nSPS) is 18.4. The molecule has 2 heterocycles. The Labute approximate surface area is 153 Å². The molecule has 0 bridgehead atoms. The van der Waals surface area contributed by atoms with E-state index in [2.05, 4.69) is 18.1 Å². The SMILES string of the molecule is Cc1cc2c(CCC3CCN(C(=O)O)CC3)noc2cc1OCC1CC1. The van der Waals surface area contributed by atoms with Crippen LogP contribution in [0.25, 0.3) is 11.0 Å². The number of rotatable bonds is 6. The van der Waals surface area contributed by atoms with Crippen molar-refractivity contribution in [3.8, 4) is 5.75 Å². The zero-order chi connectivity index (χ0) is 18.1. The van der Waals surface area contributed by atoms with E-state index in [0.717, 1.165) is 66.2 Å². The molecule has 1 aromatic carbocycles. The highest BCUT2D eigenvalue weighted by Gasteiger charge is 2.24. The number of hydrogen-bond acceptors (Lipinski definition) is 4.